The fraction of sp³-hybridized carbons (Fsp3) is 0.100. The first kappa shape index (κ1) is 23.1. The van der Waals surface area contributed by atoms with Crippen molar-refractivity contribution in [1.29, 1.82) is 0 Å². The van der Waals surface area contributed by atoms with Crippen LogP contribution in [0.4, 0.5) is 0 Å². The van der Waals surface area contributed by atoms with Gasteiger partial charge in [-0.3, -0.25) is 14.6 Å². The van der Waals surface area contributed by atoms with Crippen LogP contribution in [-0.4, -0.2) is 26.7 Å². The summed E-state index contributed by atoms with van der Waals surface area (Å²) < 4.78 is 6.00. The van der Waals surface area contributed by atoms with Gasteiger partial charge in [0.2, 0.25) is 0 Å². The predicted octanol–water partition coefficient (Wildman–Crippen LogP) is 5.80. The molecule has 3 aromatic carbocycles. The first-order chi connectivity index (χ1) is 17.5. The van der Waals surface area contributed by atoms with Gasteiger partial charge in [-0.2, -0.15) is 0 Å². The fourth-order valence-corrected chi connectivity index (χ4v) is 4.32. The number of benzene rings is 3. The van der Waals surface area contributed by atoms with Crippen LogP contribution in [0.25, 0.3) is 5.76 Å². The molecule has 1 saturated heterocycles. The molecule has 1 aliphatic rings. The summed E-state index contributed by atoms with van der Waals surface area (Å²) in [5, 5.41) is 11.3. The first-order valence-electron chi connectivity index (χ1n) is 11.6. The third-order valence-corrected chi connectivity index (χ3v) is 6.09. The second kappa shape index (κ2) is 9.88. The maximum atomic E-state index is 13.3. The number of aromatic nitrogens is 1. The van der Waals surface area contributed by atoms with Crippen LogP contribution >= 0.6 is 0 Å². The van der Waals surface area contributed by atoms with Crippen molar-refractivity contribution in [1.82, 2.24) is 9.88 Å². The number of hydrogen-bond acceptors (Lipinski definition) is 5. The zero-order valence-corrected chi connectivity index (χ0v) is 19.7. The molecular formula is C30H24N2O4. The second-order valence-electron chi connectivity index (χ2n) is 8.64. The molecule has 4 aromatic rings. The van der Waals surface area contributed by atoms with Crippen molar-refractivity contribution in [2.24, 2.45) is 0 Å². The summed E-state index contributed by atoms with van der Waals surface area (Å²) in [5.41, 5.74) is 2.97. The van der Waals surface area contributed by atoms with E-state index in [2.05, 4.69) is 4.98 Å². The number of amides is 1. The summed E-state index contributed by atoms with van der Waals surface area (Å²) >= 11 is 0. The van der Waals surface area contributed by atoms with Gasteiger partial charge < -0.3 is 14.7 Å². The molecule has 1 N–H and O–H groups in total. The largest absolute Gasteiger partial charge is 0.507 e. The van der Waals surface area contributed by atoms with Gasteiger partial charge in [0.25, 0.3) is 11.7 Å². The normalized spacial score (nSPS) is 16.8. The van der Waals surface area contributed by atoms with Crippen molar-refractivity contribution in [3.63, 3.8) is 0 Å². The van der Waals surface area contributed by atoms with Crippen molar-refractivity contribution in [3.05, 3.63) is 131 Å². The Hall–Kier alpha value is -4.71. The molecule has 0 spiro atoms. The Morgan fingerprint density at radius 2 is 1.67 bits per heavy atom. The van der Waals surface area contributed by atoms with E-state index in [1.54, 1.807) is 36.7 Å². The molecule has 5 rings (SSSR count). The van der Waals surface area contributed by atoms with Gasteiger partial charge in [0.1, 0.15) is 17.3 Å². The van der Waals surface area contributed by atoms with Crippen LogP contribution in [-0.2, 0) is 16.1 Å². The minimum Gasteiger partial charge on any atom is -0.507 e. The lowest BCUT2D eigenvalue weighted by Crippen LogP contribution is -2.29. The number of pyridine rings is 1. The quantitative estimate of drug-likeness (QED) is 0.216. The Morgan fingerprint density at radius 1 is 0.917 bits per heavy atom. The lowest BCUT2D eigenvalue weighted by molar-refractivity contribution is -0.140. The van der Waals surface area contributed by atoms with Crippen molar-refractivity contribution in [3.8, 4) is 11.5 Å². The van der Waals surface area contributed by atoms with E-state index < -0.39 is 17.7 Å². The van der Waals surface area contributed by atoms with E-state index in [1.807, 2.05) is 73.7 Å². The zero-order chi connectivity index (χ0) is 25.1. The third-order valence-electron chi connectivity index (χ3n) is 6.09. The molecule has 178 valence electrons. The van der Waals surface area contributed by atoms with Gasteiger partial charge in [-0.15, -0.1) is 0 Å². The Morgan fingerprint density at radius 3 is 2.39 bits per heavy atom. The molecule has 0 saturated carbocycles. The van der Waals surface area contributed by atoms with Crippen LogP contribution in [0.15, 0.2) is 109 Å². The molecule has 0 bridgehead atoms. The average molecular weight is 477 g/mol. The Kier molecular flexibility index (Phi) is 6.33. The van der Waals surface area contributed by atoms with Gasteiger partial charge in [-0.05, 0) is 48.4 Å². The van der Waals surface area contributed by atoms with E-state index in [4.69, 9.17) is 4.74 Å². The average Bonchev–Trinajstić information content (AvgIpc) is 3.15. The van der Waals surface area contributed by atoms with E-state index in [9.17, 15) is 14.7 Å². The van der Waals surface area contributed by atoms with E-state index in [1.165, 1.54) is 4.90 Å². The van der Waals surface area contributed by atoms with E-state index in [0.717, 1.165) is 11.1 Å². The predicted molar refractivity (Wildman–Crippen MR) is 136 cm³/mol. The van der Waals surface area contributed by atoms with E-state index >= 15 is 0 Å². The Balaban J connectivity index is 1.61. The number of ether oxygens (including phenoxy) is 1. The minimum atomic E-state index is -0.800. The van der Waals surface area contributed by atoms with Crippen LogP contribution in [0.1, 0.15) is 28.3 Å². The standard InChI is InChI=1S/C30H24N2O4/c1-20-12-14-22(15-13-20)28(33)26-27(32(30(35)29(26)34)19-21-7-6-16-31-18-21)23-8-5-11-25(17-23)36-24-9-3-2-4-10-24/h2-18,27,33H,19H2,1H3. The van der Waals surface area contributed by atoms with Crippen LogP contribution in [0.3, 0.4) is 0 Å². The van der Waals surface area contributed by atoms with Gasteiger partial charge in [-0.1, -0.05) is 66.2 Å². The van der Waals surface area contributed by atoms with Crippen LogP contribution < -0.4 is 4.74 Å². The molecule has 2 heterocycles. The van der Waals surface area contributed by atoms with Gasteiger partial charge in [0.05, 0.1) is 11.6 Å². The van der Waals surface area contributed by atoms with E-state index in [0.29, 0.717) is 22.6 Å². The number of aliphatic hydroxyl groups is 1. The second-order valence-corrected chi connectivity index (χ2v) is 8.64. The van der Waals surface area contributed by atoms with Crippen LogP contribution in [0.2, 0.25) is 0 Å². The molecule has 6 heteroatoms. The van der Waals surface area contributed by atoms with E-state index in [-0.39, 0.29) is 17.9 Å². The van der Waals surface area contributed by atoms with Gasteiger partial charge in [-0.25, -0.2) is 0 Å². The van der Waals surface area contributed by atoms with Crippen molar-refractivity contribution < 1.29 is 19.4 Å². The number of para-hydroxylation sites is 1. The van der Waals surface area contributed by atoms with Crippen LogP contribution in [0.5, 0.6) is 11.5 Å². The van der Waals surface area contributed by atoms with Crippen molar-refractivity contribution in [2.75, 3.05) is 0 Å². The minimum absolute atomic E-state index is 0.0459. The van der Waals surface area contributed by atoms with Gasteiger partial charge >= 0.3 is 0 Å². The number of hydrogen-bond donors (Lipinski definition) is 1. The topological polar surface area (TPSA) is 79.7 Å². The Bertz CT molecular complexity index is 1430. The molecule has 1 aromatic heterocycles. The molecule has 0 radical (unpaired) electrons. The molecule has 1 fully saturated rings. The number of rotatable bonds is 6. The number of nitrogens with zero attached hydrogens (tertiary/aromatic N) is 2. The molecule has 6 nitrogen and oxygen atoms in total. The summed E-state index contributed by atoms with van der Waals surface area (Å²) in [6.07, 6.45) is 3.31. The summed E-state index contributed by atoms with van der Waals surface area (Å²) in [7, 11) is 0. The summed E-state index contributed by atoms with van der Waals surface area (Å²) in [4.78, 5) is 32.1. The maximum Gasteiger partial charge on any atom is 0.295 e. The number of carbonyl (C=O) groups is 2. The molecule has 1 aliphatic heterocycles. The monoisotopic (exact) mass is 476 g/mol. The first-order valence-corrected chi connectivity index (χ1v) is 11.6. The van der Waals surface area contributed by atoms with Gasteiger partial charge in [0.15, 0.2) is 0 Å². The number of likely N-dealkylation sites (tertiary alicyclic amines) is 1. The maximum absolute atomic E-state index is 13.3. The van der Waals surface area contributed by atoms with Crippen LogP contribution in [0, 0.1) is 6.92 Å². The van der Waals surface area contributed by atoms with Crippen molar-refractivity contribution >= 4 is 17.4 Å². The zero-order valence-electron chi connectivity index (χ0n) is 19.7. The lowest BCUT2D eigenvalue weighted by Gasteiger charge is -2.25. The molecule has 1 atom stereocenters. The summed E-state index contributed by atoms with van der Waals surface area (Å²) in [6.45, 7) is 2.10. The summed E-state index contributed by atoms with van der Waals surface area (Å²) in [5.74, 6) is -0.385. The highest BCUT2D eigenvalue weighted by molar-refractivity contribution is 6.46. The number of carbonyl (C=O) groups excluding carboxylic acids is 2. The highest BCUT2D eigenvalue weighted by Gasteiger charge is 2.46. The highest BCUT2D eigenvalue weighted by atomic mass is 16.5. The smallest absolute Gasteiger partial charge is 0.295 e. The van der Waals surface area contributed by atoms with Gasteiger partial charge in [0, 0.05) is 24.5 Å². The molecular weight excluding hydrogens is 452 g/mol. The molecule has 36 heavy (non-hydrogen) atoms. The number of ketones is 1. The SMILES string of the molecule is Cc1ccc(C(O)=C2C(=O)C(=O)N(Cc3cccnc3)C2c2cccc(Oc3ccccc3)c2)cc1. The fourth-order valence-electron chi connectivity index (χ4n) is 4.32. The summed E-state index contributed by atoms with van der Waals surface area (Å²) in [6, 6.07) is 26.6. The highest BCUT2D eigenvalue weighted by Crippen LogP contribution is 2.41. The number of aliphatic hydroxyl groups excluding tert-OH is 1. The lowest BCUT2D eigenvalue weighted by atomic mass is 9.94. The Labute approximate surface area is 209 Å². The number of Topliss-reactive ketones (excluding diaryl/α,β-unsaturated/α-hetero) is 1. The molecule has 1 unspecified atom stereocenters. The van der Waals surface area contributed by atoms with Crippen molar-refractivity contribution in [2.45, 2.75) is 19.5 Å². The third kappa shape index (κ3) is 4.61. The number of aryl methyl sites for hydroxylation is 1. The molecule has 1 amide bonds. The molecule has 0 aliphatic carbocycles.